The normalized spacial score (nSPS) is 13.8. The fourth-order valence-corrected chi connectivity index (χ4v) is 4.06. The molecule has 1 aromatic heterocycles. The van der Waals surface area contributed by atoms with Crippen molar-refractivity contribution in [3.8, 4) is 11.4 Å². The highest BCUT2D eigenvalue weighted by molar-refractivity contribution is 6.01. The smallest absolute Gasteiger partial charge is 0.226 e. The van der Waals surface area contributed by atoms with E-state index in [9.17, 15) is 4.79 Å². The first kappa shape index (κ1) is 27.9. The van der Waals surface area contributed by atoms with E-state index in [1.165, 1.54) is 0 Å². The summed E-state index contributed by atoms with van der Waals surface area (Å²) >= 11 is 0. The fourth-order valence-electron chi connectivity index (χ4n) is 4.06. The van der Waals surface area contributed by atoms with Gasteiger partial charge < -0.3 is 9.84 Å². The Hall–Kier alpha value is -3.69. The van der Waals surface area contributed by atoms with Gasteiger partial charge in [0, 0.05) is 50.3 Å². The number of nitrogens with zero attached hydrogens (tertiary/aromatic N) is 4. The molecule has 0 saturated heterocycles. The SMILES string of the molecule is C=N/C=C\c1ccc(-c2noc(C)n2)cc1CNNCCC(=O)NC1=NC(C)=C(C(=C)CC(C)(C)C)C1. The number of rotatable bonds is 11. The van der Waals surface area contributed by atoms with Crippen molar-refractivity contribution in [3.63, 3.8) is 0 Å². The predicted octanol–water partition coefficient (Wildman–Crippen LogP) is 4.89. The summed E-state index contributed by atoms with van der Waals surface area (Å²) < 4.78 is 5.10. The predicted molar refractivity (Wildman–Crippen MR) is 149 cm³/mol. The maximum Gasteiger partial charge on any atom is 0.226 e. The number of nitrogens with one attached hydrogen (secondary N) is 3. The molecule has 0 atom stereocenters. The first-order valence-electron chi connectivity index (χ1n) is 12.3. The lowest BCUT2D eigenvalue weighted by molar-refractivity contribution is -0.119. The Labute approximate surface area is 218 Å². The lowest BCUT2D eigenvalue weighted by atomic mass is 9.85. The Morgan fingerprint density at radius 1 is 1.24 bits per heavy atom. The maximum absolute atomic E-state index is 12.5. The number of hydrazine groups is 1. The van der Waals surface area contributed by atoms with Gasteiger partial charge in [0.05, 0.1) is 0 Å². The maximum atomic E-state index is 12.5. The van der Waals surface area contributed by atoms with E-state index in [-0.39, 0.29) is 11.3 Å². The molecule has 0 bridgehead atoms. The lowest BCUT2D eigenvalue weighted by Crippen LogP contribution is -2.36. The molecule has 2 heterocycles. The molecule has 9 heteroatoms. The van der Waals surface area contributed by atoms with Crippen LogP contribution in [0.25, 0.3) is 17.5 Å². The molecule has 0 aliphatic carbocycles. The monoisotopic (exact) mass is 503 g/mol. The quantitative estimate of drug-likeness (QED) is 0.228. The van der Waals surface area contributed by atoms with E-state index in [4.69, 9.17) is 4.52 Å². The molecule has 0 saturated carbocycles. The Morgan fingerprint density at radius 2 is 2.03 bits per heavy atom. The van der Waals surface area contributed by atoms with Crippen LogP contribution in [0.15, 0.2) is 62.3 Å². The molecule has 1 amide bonds. The Kier molecular flexibility index (Phi) is 9.43. The first-order chi connectivity index (χ1) is 17.6. The van der Waals surface area contributed by atoms with E-state index in [2.05, 4.69) is 70.4 Å². The number of hydrogen-bond donors (Lipinski definition) is 3. The summed E-state index contributed by atoms with van der Waals surface area (Å²) in [6.07, 6.45) is 5.33. The van der Waals surface area contributed by atoms with Crippen LogP contribution < -0.4 is 16.2 Å². The summed E-state index contributed by atoms with van der Waals surface area (Å²) in [5.41, 5.74) is 12.4. The number of carbonyl (C=O) groups excluding carboxylic acids is 1. The largest absolute Gasteiger partial charge is 0.339 e. The molecule has 37 heavy (non-hydrogen) atoms. The van der Waals surface area contributed by atoms with E-state index in [1.807, 2.05) is 31.2 Å². The molecule has 0 spiro atoms. The molecular formula is C28H37N7O2. The number of aliphatic imine (C=N–C) groups is 2. The first-order valence-corrected chi connectivity index (χ1v) is 12.3. The third-order valence-corrected chi connectivity index (χ3v) is 5.71. The average Bonchev–Trinajstić information content (AvgIpc) is 3.41. The highest BCUT2D eigenvalue weighted by Crippen LogP contribution is 2.32. The number of amides is 1. The Bertz CT molecular complexity index is 1250. The van der Waals surface area contributed by atoms with Crippen molar-refractivity contribution in [2.75, 3.05) is 6.54 Å². The van der Waals surface area contributed by atoms with E-state index in [1.54, 1.807) is 13.1 Å². The minimum atomic E-state index is -0.0845. The summed E-state index contributed by atoms with van der Waals surface area (Å²) in [4.78, 5) is 25.1. The fraction of sp³-hybridized carbons (Fsp3) is 0.393. The van der Waals surface area contributed by atoms with Crippen LogP contribution in [-0.4, -0.2) is 35.1 Å². The van der Waals surface area contributed by atoms with Crippen molar-refractivity contribution >= 4 is 24.5 Å². The van der Waals surface area contributed by atoms with Gasteiger partial charge in [0.15, 0.2) is 0 Å². The number of aryl methyl sites for hydroxylation is 1. The second-order valence-electron chi connectivity index (χ2n) is 10.3. The second-order valence-corrected chi connectivity index (χ2v) is 10.3. The van der Waals surface area contributed by atoms with Gasteiger partial charge in [-0.1, -0.05) is 44.6 Å². The number of benzene rings is 1. The highest BCUT2D eigenvalue weighted by Gasteiger charge is 2.22. The lowest BCUT2D eigenvalue weighted by Gasteiger charge is -2.20. The van der Waals surface area contributed by atoms with Crippen molar-refractivity contribution in [2.45, 2.75) is 60.4 Å². The number of amidine groups is 1. The van der Waals surface area contributed by atoms with Gasteiger partial charge in [0.25, 0.3) is 0 Å². The molecule has 9 nitrogen and oxygen atoms in total. The number of hydrogen-bond acceptors (Lipinski definition) is 8. The average molecular weight is 504 g/mol. The van der Waals surface area contributed by atoms with Crippen molar-refractivity contribution < 1.29 is 9.32 Å². The molecule has 1 aliphatic heterocycles. The van der Waals surface area contributed by atoms with Crippen molar-refractivity contribution in [3.05, 3.63) is 64.8 Å². The van der Waals surface area contributed by atoms with Crippen LogP contribution in [0.1, 0.15) is 64.0 Å². The molecule has 0 radical (unpaired) electrons. The van der Waals surface area contributed by atoms with Gasteiger partial charge >= 0.3 is 0 Å². The third-order valence-electron chi connectivity index (χ3n) is 5.71. The van der Waals surface area contributed by atoms with Crippen LogP contribution in [0.2, 0.25) is 0 Å². The molecule has 1 aromatic carbocycles. The Morgan fingerprint density at radius 3 is 2.70 bits per heavy atom. The number of carbonyl (C=O) groups is 1. The number of allylic oxidation sites excluding steroid dienone is 2. The van der Waals surface area contributed by atoms with E-state index in [0.717, 1.165) is 40.0 Å². The molecule has 3 rings (SSSR count). The second kappa shape index (κ2) is 12.5. The van der Waals surface area contributed by atoms with E-state index < -0.39 is 0 Å². The van der Waals surface area contributed by atoms with Crippen molar-refractivity contribution in [2.24, 2.45) is 15.4 Å². The molecular weight excluding hydrogens is 466 g/mol. The minimum absolute atomic E-state index is 0.0845. The number of aromatic nitrogens is 2. The molecule has 0 unspecified atom stereocenters. The molecule has 196 valence electrons. The van der Waals surface area contributed by atoms with Gasteiger partial charge in [-0.25, -0.2) is 4.99 Å². The zero-order valence-corrected chi connectivity index (χ0v) is 22.4. The van der Waals surface area contributed by atoms with Crippen molar-refractivity contribution in [1.29, 1.82) is 0 Å². The standard InChI is InChI=1S/C28H37N7O2/c1-18(16-28(4,5)6)24-15-25(32-19(24)2)34-26(36)11-13-30-31-17-23-14-22(27-33-20(3)37-35-27)9-8-21(23)10-12-29-7/h8-10,12,14,30-31H,1,7,11,13,15-17H2,2-6H3,(H,32,34,36)/b12-10-. The highest BCUT2D eigenvalue weighted by atomic mass is 16.5. The van der Waals surface area contributed by atoms with Gasteiger partial charge in [-0.05, 0) is 59.9 Å². The van der Waals surface area contributed by atoms with Crippen LogP contribution >= 0.6 is 0 Å². The Balaban J connectivity index is 1.47. The topological polar surface area (TPSA) is 117 Å². The summed E-state index contributed by atoms with van der Waals surface area (Å²) in [5, 5.41) is 6.93. The van der Waals surface area contributed by atoms with E-state index in [0.29, 0.717) is 43.5 Å². The van der Waals surface area contributed by atoms with Crippen LogP contribution in [0.4, 0.5) is 0 Å². The van der Waals surface area contributed by atoms with Crippen LogP contribution in [0.3, 0.4) is 0 Å². The molecule has 3 N–H and O–H groups in total. The van der Waals surface area contributed by atoms with Crippen LogP contribution in [0.5, 0.6) is 0 Å². The zero-order chi connectivity index (χ0) is 27.0. The zero-order valence-electron chi connectivity index (χ0n) is 22.4. The van der Waals surface area contributed by atoms with Gasteiger partial charge in [-0.2, -0.15) is 4.98 Å². The van der Waals surface area contributed by atoms with Gasteiger partial charge in [0.1, 0.15) is 5.84 Å². The van der Waals surface area contributed by atoms with Crippen LogP contribution in [0, 0.1) is 12.3 Å². The van der Waals surface area contributed by atoms with Gasteiger partial charge in [-0.15, -0.1) is 0 Å². The summed E-state index contributed by atoms with van der Waals surface area (Å²) in [7, 11) is 0. The van der Waals surface area contributed by atoms with Crippen LogP contribution in [-0.2, 0) is 11.3 Å². The van der Waals surface area contributed by atoms with Gasteiger partial charge in [0.2, 0.25) is 17.6 Å². The third kappa shape index (κ3) is 8.44. The van der Waals surface area contributed by atoms with E-state index >= 15 is 0 Å². The summed E-state index contributed by atoms with van der Waals surface area (Å²) in [5.74, 6) is 1.64. The summed E-state index contributed by atoms with van der Waals surface area (Å²) in [6.45, 7) is 19.0. The molecule has 1 aliphatic rings. The van der Waals surface area contributed by atoms with Gasteiger partial charge in [-0.3, -0.25) is 20.6 Å². The summed E-state index contributed by atoms with van der Waals surface area (Å²) in [6, 6.07) is 5.89. The van der Waals surface area contributed by atoms with Crippen molar-refractivity contribution in [1.82, 2.24) is 26.3 Å². The minimum Gasteiger partial charge on any atom is -0.339 e. The molecule has 0 fully saturated rings. The molecule has 2 aromatic rings.